The molecule has 7 heteroatoms. The number of ether oxygens (including phenoxy) is 2. The molecule has 0 atom stereocenters. The normalized spacial score (nSPS) is 11.0. The summed E-state index contributed by atoms with van der Waals surface area (Å²) in [6.45, 7) is 0. The van der Waals surface area contributed by atoms with Crippen molar-refractivity contribution in [3.8, 4) is 28.4 Å². The molecule has 0 aliphatic carbocycles. The molecule has 160 valence electrons. The first-order chi connectivity index (χ1) is 15.6. The lowest BCUT2D eigenvalue weighted by Gasteiger charge is -2.07. The van der Waals surface area contributed by atoms with E-state index < -0.39 is 5.97 Å². The first kappa shape index (κ1) is 21.7. The molecular weight excluding hydrogens is 447 g/mol. The molecule has 1 heterocycles. The highest BCUT2D eigenvalue weighted by atomic mass is 35.5. The fourth-order valence-corrected chi connectivity index (χ4v) is 3.47. The Bertz CT molecular complexity index is 1280. The molecule has 0 radical (unpaired) electrons. The molecule has 0 fully saturated rings. The van der Waals surface area contributed by atoms with Gasteiger partial charge in [-0.3, -0.25) is 0 Å². The molecule has 0 spiro atoms. The first-order valence-electron chi connectivity index (χ1n) is 9.69. The number of methoxy groups -OCH3 is 1. The van der Waals surface area contributed by atoms with Crippen molar-refractivity contribution in [2.24, 2.45) is 0 Å². The van der Waals surface area contributed by atoms with Gasteiger partial charge in [0.2, 0.25) is 0 Å². The van der Waals surface area contributed by atoms with E-state index in [9.17, 15) is 4.79 Å². The van der Waals surface area contributed by atoms with Crippen molar-refractivity contribution in [1.82, 2.24) is 9.78 Å². The van der Waals surface area contributed by atoms with Crippen LogP contribution in [0, 0.1) is 0 Å². The van der Waals surface area contributed by atoms with Crippen molar-refractivity contribution >= 4 is 35.2 Å². The third-order valence-electron chi connectivity index (χ3n) is 4.65. The third kappa shape index (κ3) is 4.69. The number of halogens is 2. The van der Waals surface area contributed by atoms with E-state index in [2.05, 4.69) is 0 Å². The summed E-state index contributed by atoms with van der Waals surface area (Å²) in [7, 11) is 1.61. The van der Waals surface area contributed by atoms with Crippen LogP contribution < -0.4 is 9.47 Å². The van der Waals surface area contributed by atoms with Crippen LogP contribution in [0.1, 0.15) is 5.56 Å². The van der Waals surface area contributed by atoms with Gasteiger partial charge in [0, 0.05) is 23.4 Å². The largest absolute Gasteiger partial charge is 0.496 e. The van der Waals surface area contributed by atoms with Gasteiger partial charge in [-0.15, -0.1) is 0 Å². The second kappa shape index (κ2) is 9.73. The van der Waals surface area contributed by atoms with Crippen molar-refractivity contribution in [2.45, 2.75) is 0 Å². The van der Waals surface area contributed by atoms with Crippen molar-refractivity contribution in [2.75, 3.05) is 7.11 Å². The molecule has 3 aromatic carbocycles. The van der Waals surface area contributed by atoms with Crippen LogP contribution in [0.5, 0.6) is 11.5 Å². The maximum Gasteiger partial charge on any atom is 0.336 e. The predicted octanol–water partition coefficient (Wildman–Crippen LogP) is 6.47. The van der Waals surface area contributed by atoms with Gasteiger partial charge < -0.3 is 9.47 Å². The minimum absolute atomic E-state index is 0.183. The number of carbonyl (C=O) groups excluding carboxylic acids is 1. The summed E-state index contributed by atoms with van der Waals surface area (Å²) in [5.41, 5.74) is 3.07. The molecule has 0 N–H and O–H groups in total. The maximum absolute atomic E-state index is 12.4. The van der Waals surface area contributed by atoms with Crippen LogP contribution in [0.15, 0.2) is 85.1 Å². The molecule has 0 bridgehead atoms. The topological polar surface area (TPSA) is 53.4 Å². The van der Waals surface area contributed by atoms with Gasteiger partial charge in [0.25, 0.3) is 0 Å². The van der Waals surface area contributed by atoms with Crippen LogP contribution in [0.4, 0.5) is 0 Å². The van der Waals surface area contributed by atoms with Crippen LogP contribution >= 0.6 is 23.2 Å². The number of carbonyl (C=O) groups is 1. The number of rotatable bonds is 6. The van der Waals surface area contributed by atoms with Gasteiger partial charge in [-0.2, -0.15) is 5.10 Å². The van der Waals surface area contributed by atoms with Crippen LogP contribution in [-0.4, -0.2) is 22.9 Å². The van der Waals surface area contributed by atoms with Gasteiger partial charge in [-0.05, 0) is 42.5 Å². The van der Waals surface area contributed by atoms with Crippen LogP contribution in [0.2, 0.25) is 10.0 Å². The molecule has 0 amide bonds. The Morgan fingerprint density at radius 3 is 2.44 bits per heavy atom. The van der Waals surface area contributed by atoms with Crippen molar-refractivity contribution < 1.29 is 14.3 Å². The van der Waals surface area contributed by atoms with Gasteiger partial charge in [-0.25, -0.2) is 9.48 Å². The Morgan fingerprint density at radius 1 is 0.938 bits per heavy atom. The van der Waals surface area contributed by atoms with Gasteiger partial charge in [0.1, 0.15) is 16.5 Å². The number of benzene rings is 3. The summed E-state index contributed by atoms with van der Waals surface area (Å²) < 4.78 is 12.6. The van der Waals surface area contributed by atoms with Crippen molar-refractivity contribution in [3.05, 3.63) is 101 Å². The third-order valence-corrected chi connectivity index (χ3v) is 5.45. The van der Waals surface area contributed by atoms with E-state index in [0.717, 1.165) is 11.3 Å². The molecule has 0 aliphatic heterocycles. The summed E-state index contributed by atoms with van der Waals surface area (Å²) in [6, 6.07) is 22.1. The highest BCUT2D eigenvalue weighted by Crippen LogP contribution is 2.33. The zero-order valence-corrected chi connectivity index (χ0v) is 18.5. The zero-order valence-electron chi connectivity index (χ0n) is 17.0. The smallest absolute Gasteiger partial charge is 0.336 e. The predicted molar refractivity (Wildman–Crippen MR) is 127 cm³/mol. The molecule has 0 saturated carbocycles. The SMILES string of the molecule is COc1ccccc1-c1nn(-c2ccccc2)cc1/C=C/C(=O)Oc1cccc(Cl)c1Cl. The average molecular weight is 465 g/mol. The van der Waals surface area contributed by atoms with Crippen LogP contribution in [0.25, 0.3) is 23.0 Å². The van der Waals surface area contributed by atoms with Gasteiger partial charge in [0.15, 0.2) is 5.75 Å². The highest BCUT2D eigenvalue weighted by Gasteiger charge is 2.15. The molecule has 0 unspecified atom stereocenters. The Morgan fingerprint density at radius 2 is 1.66 bits per heavy atom. The molecule has 1 aromatic heterocycles. The van der Waals surface area contributed by atoms with E-state index in [1.165, 1.54) is 6.08 Å². The minimum Gasteiger partial charge on any atom is -0.496 e. The molecule has 0 aliphatic rings. The summed E-state index contributed by atoms with van der Waals surface area (Å²) in [4.78, 5) is 12.4. The molecular formula is C25H18Cl2N2O3. The van der Waals surface area contributed by atoms with Crippen molar-refractivity contribution in [3.63, 3.8) is 0 Å². The van der Waals surface area contributed by atoms with E-state index in [1.54, 1.807) is 36.1 Å². The van der Waals surface area contributed by atoms with E-state index in [4.69, 9.17) is 37.8 Å². The summed E-state index contributed by atoms with van der Waals surface area (Å²) in [5.74, 6) is 0.278. The van der Waals surface area contributed by atoms with Crippen LogP contribution in [0.3, 0.4) is 0 Å². The lowest BCUT2D eigenvalue weighted by Crippen LogP contribution is -2.04. The number of nitrogens with zero attached hydrogens (tertiary/aromatic N) is 2. The lowest BCUT2D eigenvalue weighted by atomic mass is 10.1. The molecule has 0 saturated heterocycles. The van der Waals surface area contributed by atoms with Gasteiger partial charge >= 0.3 is 5.97 Å². The van der Waals surface area contributed by atoms with Gasteiger partial charge in [0.05, 0.1) is 17.8 Å². The second-order valence-electron chi connectivity index (χ2n) is 6.72. The lowest BCUT2D eigenvalue weighted by molar-refractivity contribution is -0.128. The summed E-state index contributed by atoms with van der Waals surface area (Å²) >= 11 is 12.1. The quantitative estimate of drug-likeness (QED) is 0.186. The number of hydrogen-bond acceptors (Lipinski definition) is 4. The first-order valence-corrected chi connectivity index (χ1v) is 10.4. The Labute approximate surface area is 195 Å². The summed E-state index contributed by atoms with van der Waals surface area (Å²) in [6.07, 6.45) is 4.81. The van der Waals surface area contributed by atoms with E-state index >= 15 is 0 Å². The van der Waals surface area contributed by atoms with E-state index in [-0.39, 0.29) is 10.8 Å². The van der Waals surface area contributed by atoms with E-state index in [0.29, 0.717) is 22.0 Å². The van der Waals surface area contributed by atoms with E-state index in [1.807, 2.05) is 60.8 Å². The molecule has 32 heavy (non-hydrogen) atoms. The second-order valence-corrected chi connectivity index (χ2v) is 7.50. The number of hydrogen-bond donors (Lipinski definition) is 0. The number of aromatic nitrogens is 2. The molecule has 4 aromatic rings. The number of esters is 1. The van der Waals surface area contributed by atoms with Crippen molar-refractivity contribution in [1.29, 1.82) is 0 Å². The maximum atomic E-state index is 12.4. The Hall–Kier alpha value is -3.54. The fraction of sp³-hybridized carbons (Fsp3) is 0.0400. The average Bonchev–Trinajstić information content (AvgIpc) is 3.25. The molecule has 4 rings (SSSR count). The number of para-hydroxylation sites is 2. The minimum atomic E-state index is -0.590. The molecule has 5 nitrogen and oxygen atoms in total. The summed E-state index contributed by atoms with van der Waals surface area (Å²) in [5, 5.41) is 5.23. The standard InChI is InChI=1S/C25H18Cl2N2O3/c1-31-21-12-6-5-10-19(21)25-17(16-29(28-25)18-8-3-2-4-9-18)14-15-23(30)32-22-13-7-11-20(26)24(22)27/h2-16H,1H3/b15-14+. The zero-order chi connectivity index (χ0) is 22.5. The Balaban J connectivity index is 1.70. The fourth-order valence-electron chi connectivity index (χ4n) is 3.13. The highest BCUT2D eigenvalue weighted by molar-refractivity contribution is 6.43. The monoisotopic (exact) mass is 464 g/mol. The van der Waals surface area contributed by atoms with Crippen LogP contribution in [-0.2, 0) is 4.79 Å². The van der Waals surface area contributed by atoms with Gasteiger partial charge in [-0.1, -0.05) is 59.6 Å². The Kier molecular flexibility index (Phi) is 6.59.